The molecule has 8 nitrogen and oxygen atoms in total. The molecule has 9 heteroatoms. The van der Waals surface area contributed by atoms with Crippen molar-refractivity contribution < 1.29 is 18.0 Å². The van der Waals surface area contributed by atoms with E-state index >= 15 is 0 Å². The van der Waals surface area contributed by atoms with Crippen molar-refractivity contribution in [2.24, 2.45) is 0 Å². The third kappa shape index (κ3) is 3.93. The molecular weight excluding hydrogens is 344 g/mol. The van der Waals surface area contributed by atoms with Gasteiger partial charge in [0.1, 0.15) is 11.7 Å². The normalized spacial score (nSPS) is 17.9. The van der Waals surface area contributed by atoms with Gasteiger partial charge in [-0.3, -0.25) is 14.6 Å². The predicted octanol–water partition coefficient (Wildman–Crippen LogP) is 0.00510. The number of hydrogen-bond acceptors (Lipinski definition) is 6. The molecule has 1 aromatic carbocycles. The van der Waals surface area contributed by atoms with Crippen LogP contribution in [0.3, 0.4) is 0 Å². The number of carbonyl (C=O) groups is 2. The third-order valence-corrected chi connectivity index (χ3v) is 5.66. The Balaban J connectivity index is 1.66. The minimum absolute atomic E-state index is 0.0461. The summed E-state index contributed by atoms with van der Waals surface area (Å²) in [7, 11) is -3.06. The first-order valence-corrected chi connectivity index (χ1v) is 9.70. The van der Waals surface area contributed by atoms with E-state index in [1.807, 2.05) is 6.07 Å². The van der Waals surface area contributed by atoms with Crippen molar-refractivity contribution in [3.05, 3.63) is 36.2 Å². The number of para-hydroxylation sites is 2. The van der Waals surface area contributed by atoms with Crippen molar-refractivity contribution in [2.75, 3.05) is 24.6 Å². The van der Waals surface area contributed by atoms with Crippen LogP contribution in [-0.4, -0.2) is 65.7 Å². The standard InChI is InChI=1S/C16H18N4O4S/c1-11(16(22)20-6-8-25(23,24)9-7-20)18-15(21)14-10-17-12-4-2-3-5-13(12)19-14/h2-5,10-11H,6-9H2,1H3,(H,18,21). The van der Waals surface area contributed by atoms with Crippen LogP contribution in [0.2, 0.25) is 0 Å². The van der Waals surface area contributed by atoms with Gasteiger partial charge in [0.2, 0.25) is 5.91 Å². The van der Waals surface area contributed by atoms with Crippen molar-refractivity contribution in [1.82, 2.24) is 20.2 Å². The highest BCUT2D eigenvalue weighted by molar-refractivity contribution is 7.91. The second-order valence-corrected chi connectivity index (χ2v) is 8.22. The summed E-state index contributed by atoms with van der Waals surface area (Å²) in [5, 5.41) is 2.60. The van der Waals surface area contributed by atoms with Gasteiger partial charge in [-0.1, -0.05) is 12.1 Å². The highest BCUT2D eigenvalue weighted by Crippen LogP contribution is 2.09. The summed E-state index contributed by atoms with van der Waals surface area (Å²) < 4.78 is 22.9. The van der Waals surface area contributed by atoms with Crippen LogP contribution < -0.4 is 5.32 Å². The lowest BCUT2D eigenvalue weighted by Gasteiger charge is -2.29. The van der Waals surface area contributed by atoms with Crippen LogP contribution in [0.4, 0.5) is 0 Å². The van der Waals surface area contributed by atoms with Gasteiger partial charge in [0, 0.05) is 13.1 Å². The van der Waals surface area contributed by atoms with Crippen LogP contribution in [0.1, 0.15) is 17.4 Å². The molecule has 1 aromatic heterocycles. The van der Waals surface area contributed by atoms with Gasteiger partial charge >= 0.3 is 0 Å². The molecular formula is C16H18N4O4S. The van der Waals surface area contributed by atoms with Gasteiger partial charge in [0.15, 0.2) is 9.84 Å². The summed E-state index contributed by atoms with van der Waals surface area (Å²) in [4.78, 5) is 34.5. The fourth-order valence-electron chi connectivity index (χ4n) is 2.61. The topological polar surface area (TPSA) is 109 Å². The molecule has 0 aliphatic carbocycles. The van der Waals surface area contributed by atoms with Crippen molar-refractivity contribution in [1.29, 1.82) is 0 Å². The fourth-order valence-corrected chi connectivity index (χ4v) is 3.81. The van der Waals surface area contributed by atoms with Crippen molar-refractivity contribution in [2.45, 2.75) is 13.0 Å². The van der Waals surface area contributed by atoms with Crippen LogP contribution in [-0.2, 0) is 14.6 Å². The van der Waals surface area contributed by atoms with Crippen molar-refractivity contribution in [3.63, 3.8) is 0 Å². The van der Waals surface area contributed by atoms with E-state index in [0.29, 0.717) is 11.0 Å². The van der Waals surface area contributed by atoms with E-state index in [4.69, 9.17) is 0 Å². The lowest BCUT2D eigenvalue weighted by molar-refractivity contribution is -0.132. The van der Waals surface area contributed by atoms with Gasteiger partial charge in [-0.25, -0.2) is 13.4 Å². The Labute approximate surface area is 145 Å². The maximum Gasteiger partial charge on any atom is 0.272 e. The molecule has 0 radical (unpaired) electrons. The van der Waals surface area contributed by atoms with E-state index in [9.17, 15) is 18.0 Å². The molecule has 1 N–H and O–H groups in total. The van der Waals surface area contributed by atoms with E-state index < -0.39 is 21.8 Å². The second-order valence-electron chi connectivity index (χ2n) is 5.92. The van der Waals surface area contributed by atoms with Crippen LogP contribution in [0, 0.1) is 0 Å². The number of carbonyl (C=O) groups excluding carboxylic acids is 2. The molecule has 0 spiro atoms. The number of benzene rings is 1. The average Bonchev–Trinajstić information content (AvgIpc) is 2.60. The SMILES string of the molecule is CC(NC(=O)c1cnc2ccccc2n1)C(=O)N1CCS(=O)(=O)CC1. The van der Waals surface area contributed by atoms with Crippen LogP contribution >= 0.6 is 0 Å². The van der Waals surface area contributed by atoms with Gasteiger partial charge in [-0.15, -0.1) is 0 Å². The maximum absolute atomic E-state index is 12.4. The highest BCUT2D eigenvalue weighted by Gasteiger charge is 2.28. The smallest absolute Gasteiger partial charge is 0.272 e. The number of sulfone groups is 1. The molecule has 1 fully saturated rings. The Hall–Kier alpha value is -2.55. The van der Waals surface area contributed by atoms with E-state index in [1.54, 1.807) is 25.1 Å². The van der Waals surface area contributed by atoms with Gasteiger partial charge < -0.3 is 10.2 Å². The fraction of sp³-hybridized carbons (Fsp3) is 0.375. The van der Waals surface area contributed by atoms with Crippen molar-refractivity contribution >= 4 is 32.7 Å². The average molecular weight is 362 g/mol. The summed E-state index contributed by atoms with van der Waals surface area (Å²) in [6.45, 7) is 1.87. The molecule has 3 rings (SSSR count). The number of hydrogen-bond donors (Lipinski definition) is 1. The Morgan fingerprint density at radius 1 is 1.16 bits per heavy atom. The first-order chi connectivity index (χ1) is 11.9. The number of nitrogens with one attached hydrogen (secondary N) is 1. The van der Waals surface area contributed by atoms with Crippen LogP contribution in [0.5, 0.6) is 0 Å². The zero-order valence-electron chi connectivity index (χ0n) is 13.7. The molecule has 25 heavy (non-hydrogen) atoms. The molecule has 1 saturated heterocycles. The maximum atomic E-state index is 12.4. The molecule has 132 valence electrons. The minimum Gasteiger partial charge on any atom is -0.339 e. The lowest BCUT2D eigenvalue weighted by atomic mass is 10.2. The third-order valence-electron chi connectivity index (χ3n) is 4.06. The lowest BCUT2D eigenvalue weighted by Crippen LogP contribution is -2.51. The quantitative estimate of drug-likeness (QED) is 0.823. The summed E-state index contributed by atoms with van der Waals surface area (Å²) >= 11 is 0. The first-order valence-electron chi connectivity index (χ1n) is 7.87. The Kier molecular flexibility index (Phi) is 4.67. The van der Waals surface area contributed by atoms with Gasteiger partial charge in [0.05, 0.1) is 28.7 Å². The highest BCUT2D eigenvalue weighted by atomic mass is 32.2. The van der Waals surface area contributed by atoms with Gasteiger partial charge in [-0.05, 0) is 19.1 Å². The number of rotatable bonds is 3. The van der Waals surface area contributed by atoms with E-state index in [1.165, 1.54) is 11.1 Å². The predicted molar refractivity (Wildman–Crippen MR) is 91.7 cm³/mol. The van der Waals surface area contributed by atoms with E-state index in [0.717, 1.165) is 0 Å². The molecule has 2 amide bonds. The zero-order valence-corrected chi connectivity index (χ0v) is 14.5. The molecule has 0 bridgehead atoms. The molecule has 2 aromatic rings. The Morgan fingerprint density at radius 2 is 1.80 bits per heavy atom. The molecule has 0 saturated carbocycles. The number of amides is 2. The molecule has 1 unspecified atom stereocenters. The second kappa shape index (κ2) is 6.75. The monoisotopic (exact) mass is 362 g/mol. The number of nitrogens with zero attached hydrogens (tertiary/aromatic N) is 3. The van der Waals surface area contributed by atoms with Gasteiger partial charge in [0.25, 0.3) is 5.91 Å². The van der Waals surface area contributed by atoms with E-state index in [-0.39, 0.29) is 36.2 Å². The minimum atomic E-state index is -3.06. The summed E-state index contributed by atoms with van der Waals surface area (Å²) in [6, 6.07) is 6.40. The molecule has 1 aliphatic heterocycles. The molecule has 1 atom stereocenters. The zero-order chi connectivity index (χ0) is 18.0. The molecule has 2 heterocycles. The number of aromatic nitrogens is 2. The first kappa shape index (κ1) is 17.3. The van der Waals surface area contributed by atoms with Crippen LogP contribution in [0.25, 0.3) is 11.0 Å². The summed E-state index contributed by atoms with van der Waals surface area (Å²) in [5.74, 6) is -0.897. The molecule has 1 aliphatic rings. The van der Waals surface area contributed by atoms with E-state index in [2.05, 4.69) is 15.3 Å². The summed E-state index contributed by atoms with van der Waals surface area (Å²) in [6.07, 6.45) is 1.36. The van der Waals surface area contributed by atoms with Gasteiger partial charge in [-0.2, -0.15) is 0 Å². The van der Waals surface area contributed by atoms with Crippen molar-refractivity contribution in [3.8, 4) is 0 Å². The van der Waals surface area contributed by atoms with Crippen LogP contribution in [0.15, 0.2) is 30.5 Å². The largest absolute Gasteiger partial charge is 0.339 e. The Morgan fingerprint density at radius 3 is 2.48 bits per heavy atom. The number of fused-ring (bicyclic) bond motifs is 1. The summed E-state index contributed by atoms with van der Waals surface area (Å²) in [5.41, 5.74) is 1.40. The Bertz CT molecular complexity index is 915.